The van der Waals surface area contributed by atoms with Gasteiger partial charge < -0.3 is 14.6 Å². The topological polar surface area (TPSA) is 79.3 Å². The Bertz CT molecular complexity index is 769. The molecule has 3 rings (SSSR count). The van der Waals surface area contributed by atoms with Gasteiger partial charge in [-0.25, -0.2) is 13.6 Å². The highest BCUT2D eigenvalue weighted by atomic mass is 19.3. The number of fused-ring (bicyclic) bond motifs is 1. The van der Waals surface area contributed by atoms with Crippen molar-refractivity contribution in [2.45, 2.75) is 44.9 Å². The molecule has 1 N–H and O–H groups in total. The van der Waals surface area contributed by atoms with E-state index in [1.54, 1.807) is 45.2 Å². The summed E-state index contributed by atoms with van der Waals surface area (Å²) in [5.74, 6) is -2.95. The second-order valence-corrected chi connectivity index (χ2v) is 8.25. The molecule has 0 saturated carbocycles. The molecular formula is C20H26F2N2O5. The number of rotatable bonds is 6. The zero-order valence-electron chi connectivity index (χ0n) is 16.7. The monoisotopic (exact) mass is 412 g/mol. The Morgan fingerprint density at radius 3 is 2.52 bits per heavy atom. The SMILES string of the molecule is COc1ccc(COC(=O)C(C)(C)CN2CCC3C2C(F)(F)CN3C(=O)O)cc1. The Labute approximate surface area is 168 Å². The molecule has 0 aliphatic carbocycles. The van der Waals surface area contributed by atoms with Crippen LogP contribution in [0.4, 0.5) is 13.6 Å². The van der Waals surface area contributed by atoms with Gasteiger partial charge in [-0.2, -0.15) is 0 Å². The average Bonchev–Trinajstić information content (AvgIpc) is 3.19. The van der Waals surface area contributed by atoms with Gasteiger partial charge in [0, 0.05) is 13.1 Å². The second-order valence-electron chi connectivity index (χ2n) is 8.25. The number of nitrogens with zero attached hydrogens (tertiary/aromatic N) is 2. The number of halogens is 2. The molecule has 0 radical (unpaired) electrons. The summed E-state index contributed by atoms with van der Waals surface area (Å²) in [5.41, 5.74) is -0.232. The van der Waals surface area contributed by atoms with Crippen molar-refractivity contribution in [3.8, 4) is 5.75 Å². The van der Waals surface area contributed by atoms with E-state index in [0.717, 1.165) is 10.5 Å². The Hall–Kier alpha value is -2.42. The van der Waals surface area contributed by atoms with Crippen LogP contribution in [0.2, 0.25) is 0 Å². The largest absolute Gasteiger partial charge is 0.497 e. The maximum absolute atomic E-state index is 14.5. The fourth-order valence-electron chi connectivity index (χ4n) is 4.18. The van der Waals surface area contributed by atoms with Crippen molar-refractivity contribution in [2.75, 3.05) is 26.7 Å². The minimum absolute atomic E-state index is 0.0681. The molecule has 2 aliphatic rings. The van der Waals surface area contributed by atoms with Gasteiger partial charge in [0.15, 0.2) is 0 Å². The molecule has 2 unspecified atom stereocenters. The highest BCUT2D eigenvalue weighted by molar-refractivity contribution is 5.76. The van der Waals surface area contributed by atoms with Crippen molar-refractivity contribution < 1.29 is 33.0 Å². The van der Waals surface area contributed by atoms with Crippen molar-refractivity contribution in [1.82, 2.24) is 9.80 Å². The van der Waals surface area contributed by atoms with E-state index in [-0.39, 0.29) is 13.2 Å². The molecule has 7 nitrogen and oxygen atoms in total. The van der Waals surface area contributed by atoms with E-state index in [1.165, 1.54) is 4.90 Å². The molecule has 1 aromatic rings. The molecule has 2 fully saturated rings. The molecule has 1 aromatic carbocycles. The fraction of sp³-hybridized carbons (Fsp3) is 0.600. The van der Waals surface area contributed by atoms with Crippen molar-refractivity contribution in [3.63, 3.8) is 0 Å². The molecule has 160 valence electrons. The molecule has 2 aliphatic heterocycles. The van der Waals surface area contributed by atoms with Gasteiger partial charge in [-0.3, -0.25) is 14.6 Å². The number of carbonyl (C=O) groups is 2. The lowest BCUT2D eigenvalue weighted by Gasteiger charge is -2.33. The van der Waals surface area contributed by atoms with Crippen LogP contribution in [-0.4, -0.2) is 71.7 Å². The van der Waals surface area contributed by atoms with Crippen LogP contribution < -0.4 is 4.74 Å². The number of carbonyl (C=O) groups excluding carboxylic acids is 1. The summed E-state index contributed by atoms with van der Waals surface area (Å²) in [6.45, 7) is 2.94. The van der Waals surface area contributed by atoms with E-state index in [9.17, 15) is 23.5 Å². The summed E-state index contributed by atoms with van der Waals surface area (Å²) in [6.07, 6.45) is -1.01. The number of amides is 1. The fourth-order valence-corrected chi connectivity index (χ4v) is 4.18. The van der Waals surface area contributed by atoms with E-state index in [1.807, 2.05) is 0 Å². The van der Waals surface area contributed by atoms with Gasteiger partial charge in [0.1, 0.15) is 12.4 Å². The number of benzene rings is 1. The quantitative estimate of drug-likeness (QED) is 0.724. The van der Waals surface area contributed by atoms with Crippen molar-refractivity contribution in [1.29, 1.82) is 0 Å². The maximum Gasteiger partial charge on any atom is 0.407 e. The van der Waals surface area contributed by atoms with E-state index < -0.39 is 42.0 Å². The summed E-state index contributed by atoms with van der Waals surface area (Å²) in [4.78, 5) is 26.2. The average molecular weight is 412 g/mol. The maximum atomic E-state index is 14.5. The zero-order valence-corrected chi connectivity index (χ0v) is 16.7. The molecule has 9 heteroatoms. The summed E-state index contributed by atoms with van der Waals surface area (Å²) in [5, 5.41) is 9.20. The highest BCUT2D eigenvalue weighted by Gasteiger charge is 2.61. The summed E-state index contributed by atoms with van der Waals surface area (Å²) in [6, 6.07) is 5.11. The Morgan fingerprint density at radius 2 is 1.93 bits per heavy atom. The third-order valence-electron chi connectivity index (χ3n) is 5.61. The molecular weight excluding hydrogens is 386 g/mol. The smallest absolute Gasteiger partial charge is 0.407 e. The van der Waals surface area contributed by atoms with Gasteiger partial charge in [-0.05, 0) is 38.0 Å². The third-order valence-corrected chi connectivity index (χ3v) is 5.61. The Balaban J connectivity index is 1.62. The van der Waals surface area contributed by atoms with E-state index in [4.69, 9.17) is 9.47 Å². The number of hydrogen-bond donors (Lipinski definition) is 1. The minimum Gasteiger partial charge on any atom is -0.497 e. The predicted molar refractivity (Wildman–Crippen MR) is 100 cm³/mol. The highest BCUT2D eigenvalue weighted by Crippen LogP contribution is 2.42. The zero-order chi connectivity index (χ0) is 21.4. The van der Waals surface area contributed by atoms with Crippen LogP contribution in [-0.2, 0) is 16.1 Å². The lowest BCUT2D eigenvalue weighted by Crippen LogP contribution is -2.50. The number of ether oxygens (including phenoxy) is 2. The number of methoxy groups -OCH3 is 1. The lowest BCUT2D eigenvalue weighted by molar-refractivity contribution is -0.157. The number of carboxylic acid groups (broad SMARTS) is 1. The number of likely N-dealkylation sites (tertiary alicyclic amines) is 2. The van der Waals surface area contributed by atoms with Gasteiger partial charge in [0.2, 0.25) is 0 Å². The van der Waals surface area contributed by atoms with Crippen LogP contribution >= 0.6 is 0 Å². The molecule has 2 saturated heterocycles. The number of hydrogen-bond acceptors (Lipinski definition) is 5. The molecule has 29 heavy (non-hydrogen) atoms. The van der Waals surface area contributed by atoms with Crippen LogP contribution in [0, 0.1) is 5.41 Å². The second kappa shape index (κ2) is 7.78. The first-order valence-electron chi connectivity index (χ1n) is 9.47. The van der Waals surface area contributed by atoms with Gasteiger partial charge in [-0.15, -0.1) is 0 Å². The van der Waals surface area contributed by atoms with Gasteiger partial charge in [0.25, 0.3) is 5.92 Å². The van der Waals surface area contributed by atoms with E-state index >= 15 is 0 Å². The van der Waals surface area contributed by atoms with Crippen LogP contribution in [0.3, 0.4) is 0 Å². The molecule has 1 amide bonds. The lowest BCUT2D eigenvalue weighted by atomic mass is 9.92. The molecule has 2 atom stereocenters. The van der Waals surface area contributed by atoms with E-state index in [0.29, 0.717) is 18.7 Å². The Kier molecular flexibility index (Phi) is 5.71. The van der Waals surface area contributed by atoms with E-state index in [2.05, 4.69) is 0 Å². The Morgan fingerprint density at radius 1 is 1.28 bits per heavy atom. The first-order chi connectivity index (χ1) is 13.5. The van der Waals surface area contributed by atoms with Gasteiger partial charge in [0.05, 0.1) is 31.2 Å². The number of alkyl halides is 2. The van der Waals surface area contributed by atoms with Crippen molar-refractivity contribution in [2.24, 2.45) is 5.41 Å². The standard InChI is InChI=1S/C20H26F2N2O5/c1-19(2,17(25)29-10-13-4-6-14(28-3)7-5-13)11-23-9-8-15-16(23)20(21,22)12-24(15)18(26)27/h4-7,15-16H,8-12H2,1-3H3,(H,26,27). The molecule has 2 heterocycles. The number of esters is 1. The summed E-state index contributed by atoms with van der Waals surface area (Å²) in [7, 11) is 1.56. The van der Waals surface area contributed by atoms with Crippen LogP contribution in [0.25, 0.3) is 0 Å². The molecule has 0 spiro atoms. The van der Waals surface area contributed by atoms with Crippen molar-refractivity contribution in [3.05, 3.63) is 29.8 Å². The first kappa shape index (κ1) is 21.3. The molecule has 0 aromatic heterocycles. The van der Waals surface area contributed by atoms with Gasteiger partial charge >= 0.3 is 12.1 Å². The summed E-state index contributed by atoms with van der Waals surface area (Å²) < 4.78 is 39.5. The summed E-state index contributed by atoms with van der Waals surface area (Å²) >= 11 is 0. The van der Waals surface area contributed by atoms with Crippen molar-refractivity contribution >= 4 is 12.1 Å². The first-order valence-corrected chi connectivity index (χ1v) is 9.47. The predicted octanol–water partition coefficient (Wildman–Crippen LogP) is 2.84. The normalized spacial score (nSPS) is 23.7. The minimum atomic E-state index is -3.15. The van der Waals surface area contributed by atoms with Crippen LogP contribution in [0.5, 0.6) is 5.75 Å². The third kappa shape index (κ3) is 4.29. The van der Waals surface area contributed by atoms with Gasteiger partial charge in [-0.1, -0.05) is 12.1 Å². The van der Waals surface area contributed by atoms with Crippen LogP contribution in [0.1, 0.15) is 25.8 Å². The molecule has 0 bridgehead atoms. The van der Waals surface area contributed by atoms with Crippen LogP contribution in [0.15, 0.2) is 24.3 Å².